The highest BCUT2D eigenvalue weighted by molar-refractivity contribution is 4.95. The second-order valence-corrected chi connectivity index (χ2v) is 2.79. The van der Waals surface area contributed by atoms with Crippen LogP contribution in [0, 0.1) is 6.57 Å². The zero-order valence-corrected chi connectivity index (χ0v) is 6.33. The first kappa shape index (κ1) is 9.41. The van der Waals surface area contributed by atoms with E-state index in [1.165, 1.54) is 0 Å². The third-order valence-electron chi connectivity index (χ3n) is 1.51. The first-order valence-electron chi connectivity index (χ1n) is 3.22. The van der Waals surface area contributed by atoms with Gasteiger partial charge in [-0.15, -0.1) is 0 Å². The normalized spacial score (nSPS) is 14.3. The molecule has 58 valence electrons. The van der Waals surface area contributed by atoms with Crippen LogP contribution in [-0.2, 0) is 0 Å². The van der Waals surface area contributed by atoms with Crippen LogP contribution in [0.4, 0.5) is 0 Å². The SMILES string of the molecule is [C-]#[N+]C(C)(C)C(O)CCO. The summed E-state index contributed by atoms with van der Waals surface area (Å²) in [6.45, 7) is 9.93. The van der Waals surface area contributed by atoms with Gasteiger partial charge in [0.05, 0.1) is 0 Å². The Morgan fingerprint density at radius 3 is 2.40 bits per heavy atom. The molecule has 0 aromatic carbocycles. The van der Waals surface area contributed by atoms with Crippen molar-refractivity contribution < 1.29 is 10.2 Å². The zero-order valence-electron chi connectivity index (χ0n) is 6.33. The van der Waals surface area contributed by atoms with Gasteiger partial charge in [0.2, 0.25) is 0 Å². The number of hydrogen-bond acceptors (Lipinski definition) is 2. The van der Waals surface area contributed by atoms with Crippen molar-refractivity contribution in [3.63, 3.8) is 0 Å². The van der Waals surface area contributed by atoms with Gasteiger partial charge in [-0.25, -0.2) is 6.57 Å². The predicted molar refractivity (Wildman–Crippen MR) is 38.4 cm³/mol. The zero-order chi connectivity index (χ0) is 8.20. The average molecular weight is 143 g/mol. The summed E-state index contributed by atoms with van der Waals surface area (Å²) >= 11 is 0. The second-order valence-electron chi connectivity index (χ2n) is 2.79. The van der Waals surface area contributed by atoms with E-state index in [2.05, 4.69) is 4.85 Å². The Kier molecular flexibility index (Phi) is 3.34. The number of hydrogen-bond donors (Lipinski definition) is 2. The van der Waals surface area contributed by atoms with Gasteiger partial charge in [0.25, 0.3) is 5.54 Å². The molecule has 3 nitrogen and oxygen atoms in total. The van der Waals surface area contributed by atoms with Crippen LogP contribution < -0.4 is 0 Å². The number of aliphatic hydroxyl groups is 2. The van der Waals surface area contributed by atoms with E-state index in [4.69, 9.17) is 11.7 Å². The van der Waals surface area contributed by atoms with Gasteiger partial charge < -0.3 is 15.1 Å². The van der Waals surface area contributed by atoms with E-state index >= 15 is 0 Å². The average Bonchev–Trinajstić information content (AvgIpc) is 1.89. The van der Waals surface area contributed by atoms with E-state index in [1.807, 2.05) is 0 Å². The van der Waals surface area contributed by atoms with E-state index in [0.29, 0.717) is 0 Å². The van der Waals surface area contributed by atoms with E-state index < -0.39 is 11.6 Å². The van der Waals surface area contributed by atoms with Crippen molar-refractivity contribution in [1.82, 2.24) is 0 Å². The summed E-state index contributed by atoms with van der Waals surface area (Å²) in [6, 6.07) is 0. The van der Waals surface area contributed by atoms with Crippen LogP contribution in [0.5, 0.6) is 0 Å². The predicted octanol–water partition coefficient (Wildman–Crippen LogP) is 0.428. The maximum atomic E-state index is 9.20. The maximum Gasteiger partial charge on any atom is 0.252 e. The Morgan fingerprint density at radius 2 is 2.10 bits per heavy atom. The van der Waals surface area contributed by atoms with Crippen molar-refractivity contribution in [3.05, 3.63) is 11.4 Å². The summed E-state index contributed by atoms with van der Waals surface area (Å²) in [5, 5.41) is 17.6. The number of nitrogens with zero attached hydrogens (tertiary/aromatic N) is 1. The van der Waals surface area contributed by atoms with Crippen LogP contribution >= 0.6 is 0 Å². The van der Waals surface area contributed by atoms with E-state index in [1.54, 1.807) is 13.8 Å². The topological polar surface area (TPSA) is 44.8 Å². The molecular weight excluding hydrogens is 130 g/mol. The van der Waals surface area contributed by atoms with Crippen LogP contribution in [0.25, 0.3) is 4.85 Å². The molecular formula is C7H13NO2. The van der Waals surface area contributed by atoms with Crippen molar-refractivity contribution in [2.45, 2.75) is 31.9 Å². The Hall–Kier alpha value is -0.590. The fourth-order valence-electron chi connectivity index (χ4n) is 0.550. The van der Waals surface area contributed by atoms with Gasteiger partial charge in [-0.1, -0.05) is 0 Å². The highest BCUT2D eigenvalue weighted by Crippen LogP contribution is 2.16. The monoisotopic (exact) mass is 143 g/mol. The summed E-state index contributed by atoms with van der Waals surface area (Å²) < 4.78 is 0. The second kappa shape index (κ2) is 3.55. The Balaban J connectivity index is 3.94. The molecule has 0 spiro atoms. The van der Waals surface area contributed by atoms with Gasteiger partial charge in [0.15, 0.2) is 0 Å². The molecule has 10 heavy (non-hydrogen) atoms. The summed E-state index contributed by atoms with van der Waals surface area (Å²) in [5.74, 6) is 0. The lowest BCUT2D eigenvalue weighted by Gasteiger charge is -2.17. The lowest BCUT2D eigenvalue weighted by atomic mass is 9.96. The molecule has 0 bridgehead atoms. The molecule has 0 radical (unpaired) electrons. The van der Waals surface area contributed by atoms with Gasteiger partial charge in [-0.05, 0) is 0 Å². The molecule has 0 saturated heterocycles. The molecule has 3 heteroatoms. The van der Waals surface area contributed by atoms with E-state index in [9.17, 15) is 5.11 Å². The third kappa shape index (κ3) is 2.34. The molecule has 0 heterocycles. The molecule has 1 unspecified atom stereocenters. The summed E-state index contributed by atoms with van der Waals surface area (Å²) in [4.78, 5) is 3.23. The quantitative estimate of drug-likeness (QED) is 0.563. The molecule has 0 aromatic heterocycles. The summed E-state index contributed by atoms with van der Waals surface area (Å²) in [5.41, 5.74) is -0.761. The fraction of sp³-hybridized carbons (Fsp3) is 0.857. The van der Waals surface area contributed by atoms with Crippen LogP contribution in [0.3, 0.4) is 0 Å². The number of rotatable bonds is 3. The van der Waals surface area contributed by atoms with Crippen LogP contribution in [0.1, 0.15) is 20.3 Å². The first-order chi connectivity index (χ1) is 4.54. The van der Waals surface area contributed by atoms with Crippen molar-refractivity contribution in [3.8, 4) is 0 Å². The first-order valence-corrected chi connectivity index (χ1v) is 3.22. The summed E-state index contributed by atoms with van der Waals surface area (Å²) in [6.07, 6.45) is -0.454. The maximum absolute atomic E-state index is 9.20. The van der Waals surface area contributed by atoms with Crippen molar-refractivity contribution >= 4 is 0 Å². The molecule has 0 amide bonds. The lowest BCUT2D eigenvalue weighted by Crippen LogP contribution is -2.33. The van der Waals surface area contributed by atoms with Gasteiger partial charge in [-0.2, -0.15) is 0 Å². The van der Waals surface area contributed by atoms with Crippen molar-refractivity contribution in [1.29, 1.82) is 0 Å². The molecule has 0 aliphatic carbocycles. The Labute approximate surface area is 61.1 Å². The molecule has 0 saturated carbocycles. The molecule has 0 aliphatic rings. The van der Waals surface area contributed by atoms with Gasteiger partial charge >= 0.3 is 0 Å². The van der Waals surface area contributed by atoms with Gasteiger partial charge in [-0.3, -0.25) is 0 Å². The minimum absolute atomic E-state index is 0.0693. The highest BCUT2D eigenvalue weighted by Gasteiger charge is 2.32. The van der Waals surface area contributed by atoms with E-state index in [-0.39, 0.29) is 13.0 Å². The Bertz CT molecular complexity index is 137. The molecule has 0 rings (SSSR count). The highest BCUT2D eigenvalue weighted by atomic mass is 16.3. The molecule has 0 fully saturated rings. The smallest absolute Gasteiger partial charge is 0.252 e. The Morgan fingerprint density at radius 1 is 1.60 bits per heavy atom. The van der Waals surface area contributed by atoms with Crippen LogP contribution in [-0.4, -0.2) is 28.5 Å². The molecule has 0 aliphatic heterocycles. The molecule has 1 atom stereocenters. The van der Waals surface area contributed by atoms with Crippen LogP contribution in [0.2, 0.25) is 0 Å². The van der Waals surface area contributed by atoms with Crippen molar-refractivity contribution in [2.75, 3.05) is 6.61 Å². The van der Waals surface area contributed by atoms with Gasteiger partial charge in [0, 0.05) is 26.9 Å². The fourth-order valence-corrected chi connectivity index (χ4v) is 0.550. The summed E-state index contributed by atoms with van der Waals surface area (Å²) in [7, 11) is 0. The standard InChI is InChI=1S/C7H13NO2/c1-7(2,8-3)6(10)4-5-9/h6,9-10H,4-5H2,1-2H3. The van der Waals surface area contributed by atoms with Crippen molar-refractivity contribution in [2.24, 2.45) is 0 Å². The third-order valence-corrected chi connectivity index (χ3v) is 1.51. The minimum Gasteiger partial charge on any atom is -0.396 e. The van der Waals surface area contributed by atoms with Crippen LogP contribution in [0.15, 0.2) is 0 Å². The molecule has 2 N–H and O–H groups in total. The number of aliphatic hydroxyl groups excluding tert-OH is 2. The lowest BCUT2D eigenvalue weighted by molar-refractivity contribution is 0.0913. The van der Waals surface area contributed by atoms with E-state index in [0.717, 1.165) is 0 Å². The van der Waals surface area contributed by atoms with Gasteiger partial charge in [0.1, 0.15) is 6.10 Å². The molecule has 0 aromatic rings. The minimum atomic E-state index is -0.761. The largest absolute Gasteiger partial charge is 0.396 e.